The maximum absolute atomic E-state index is 11.2. The Morgan fingerprint density at radius 2 is 1.56 bits per heavy atom. The molecular formula is C12H11O3P. The van der Waals surface area contributed by atoms with Gasteiger partial charge in [0, 0.05) is 5.30 Å². The zero-order valence-corrected chi connectivity index (χ0v) is 9.42. The van der Waals surface area contributed by atoms with E-state index in [9.17, 15) is 14.6 Å². The second kappa shape index (κ2) is 4.52. The monoisotopic (exact) mass is 234 g/mol. The highest BCUT2D eigenvalue weighted by Crippen LogP contribution is 2.26. The lowest BCUT2D eigenvalue weighted by atomic mass is 10.1. The first-order valence-electron chi connectivity index (χ1n) is 4.80. The molecule has 0 bridgehead atoms. The normalized spacial score (nSPS) is 12.3. The molecule has 0 aliphatic carbocycles. The van der Waals surface area contributed by atoms with Gasteiger partial charge in [-0.3, -0.25) is 4.57 Å². The van der Waals surface area contributed by atoms with Crippen molar-refractivity contribution in [1.82, 2.24) is 0 Å². The standard InChI is InChI=1S/C12H11O3P/c13-10-7-5-9(6-8-10)11-3-1-2-4-12(11)16(14)15/h1-8,13,16H,(H,14,15). The largest absolute Gasteiger partial charge is 0.508 e. The molecule has 0 fully saturated rings. The molecule has 0 aromatic heterocycles. The van der Waals surface area contributed by atoms with Gasteiger partial charge >= 0.3 is 0 Å². The van der Waals surface area contributed by atoms with Crippen molar-refractivity contribution in [3.8, 4) is 16.9 Å². The van der Waals surface area contributed by atoms with Gasteiger partial charge in [0.25, 0.3) is 0 Å². The third kappa shape index (κ3) is 2.16. The predicted molar refractivity (Wildman–Crippen MR) is 64.4 cm³/mol. The van der Waals surface area contributed by atoms with Crippen LogP contribution in [0, 0.1) is 0 Å². The molecule has 0 amide bonds. The minimum atomic E-state index is -2.71. The number of aromatic hydroxyl groups is 1. The molecule has 2 rings (SSSR count). The van der Waals surface area contributed by atoms with Gasteiger partial charge < -0.3 is 10.00 Å². The van der Waals surface area contributed by atoms with Crippen LogP contribution in [0.1, 0.15) is 0 Å². The highest BCUT2D eigenvalue weighted by molar-refractivity contribution is 7.47. The smallest absolute Gasteiger partial charge is 0.218 e. The van der Waals surface area contributed by atoms with Gasteiger partial charge in [0.15, 0.2) is 0 Å². The molecule has 2 aromatic carbocycles. The van der Waals surface area contributed by atoms with Crippen LogP contribution in [0.2, 0.25) is 0 Å². The molecule has 0 aliphatic heterocycles. The molecule has 0 aliphatic rings. The number of phenols is 1. The molecule has 0 saturated heterocycles. The second-order valence-electron chi connectivity index (χ2n) is 3.40. The van der Waals surface area contributed by atoms with E-state index in [-0.39, 0.29) is 5.75 Å². The van der Waals surface area contributed by atoms with Gasteiger partial charge in [-0.15, -0.1) is 0 Å². The highest BCUT2D eigenvalue weighted by atomic mass is 31.1. The number of hydrogen-bond acceptors (Lipinski definition) is 2. The van der Waals surface area contributed by atoms with E-state index >= 15 is 0 Å². The van der Waals surface area contributed by atoms with E-state index in [1.54, 1.807) is 42.5 Å². The quantitative estimate of drug-likeness (QED) is 0.783. The van der Waals surface area contributed by atoms with Gasteiger partial charge in [-0.2, -0.15) is 0 Å². The number of phenolic OH excluding ortho intramolecular Hbond substituents is 1. The fraction of sp³-hybridized carbons (Fsp3) is 0. The summed E-state index contributed by atoms with van der Waals surface area (Å²) in [6, 6.07) is 13.5. The molecule has 1 atom stereocenters. The molecule has 0 saturated carbocycles. The van der Waals surface area contributed by atoms with E-state index < -0.39 is 8.03 Å². The lowest BCUT2D eigenvalue weighted by Gasteiger charge is -2.06. The van der Waals surface area contributed by atoms with Crippen LogP contribution in [0.3, 0.4) is 0 Å². The fourth-order valence-corrected chi connectivity index (χ4v) is 2.26. The second-order valence-corrected chi connectivity index (χ2v) is 4.55. The lowest BCUT2D eigenvalue weighted by Crippen LogP contribution is -2.00. The van der Waals surface area contributed by atoms with E-state index in [0.29, 0.717) is 5.30 Å². The van der Waals surface area contributed by atoms with Crippen molar-refractivity contribution < 1.29 is 14.6 Å². The molecule has 1 unspecified atom stereocenters. The van der Waals surface area contributed by atoms with E-state index in [4.69, 9.17) is 0 Å². The minimum Gasteiger partial charge on any atom is -0.508 e. The molecule has 16 heavy (non-hydrogen) atoms. The predicted octanol–water partition coefficient (Wildman–Crippen LogP) is 2.15. The Kier molecular flexibility index (Phi) is 3.09. The summed E-state index contributed by atoms with van der Waals surface area (Å²) >= 11 is 0. The van der Waals surface area contributed by atoms with Gasteiger partial charge in [0.05, 0.1) is 0 Å². The molecular weight excluding hydrogens is 223 g/mol. The summed E-state index contributed by atoms with van der Waals surface area (Å²) in [6.07, 6.45) is 0. The van der Waals surface area contributed by atoms with Crippen LogP contribution in [-0.4, -0.2) is 10.00 Å². The van der Waals surface area contributed by atoms with Gasteiger partial charge in [0.1, 0.15) is 5.75 Å². The average Bonchev–Trinajstić information content (AvgIpc) is 2.30. The van der Waals surface area contributed by atoms with Crippen LogP contribution in [0.25, 0.3) is 11.1 Å². The maximum atomic E-state index is 11.2. The Hall–Kier alpha value is -1.57. The molecule has 0 spiro atoms. The van der Waals surface area contributed by atoms with Gasteiger partial charge in [0.2, 0.25) is 8.03 Å². The third-order valence-corrected chi connectivity index (χ3v) is 3.23. The van der Waals surface area contributed by atoms with Crippen molar-refractivity contribution >= 4 is 13.3 Å². The topological polar surface area (TPSA) is 57.5 Å². The summed E-state index contributed by atoms with van der Waals surface area (Å²) in [5.74, 6) is 0.179. The average molecular weight is 234 g/mol. The van der Waals surface area contributed by atoms with Crippen LogP contribution in [0.15, 0.2) is 48.5 Å². The molecule has 2 aromatic rings. The van der Waals surface area contributed by atoms with E-state index in [1.165, 1.54) is 0 Å². The SMILES string of the molecule is O=[PH](O)c1ccccc1-c1ccc(O)cc1. The minimum absolute atomic E-state index is 0.179. The summed E-state index contributed by atoms with van der Waals surface area (Å²) in [6.45, 7) is 0. The van der Waals surface area contributed by atoms with Gasteiger partial charge in [-0.1, -0.05) is 30.3 Å². The first-order valence-corrected chi connectivity index (χ1v) is 6.16. The summed E-state index contributed by atoms with van der Waals surface area (Å²) in [5.41, 5.74) is 1.55. The van der Waals surface area contributed by atoms with Gasteiger partial charge in [-0.05, 0) is 29.3 Å². The van der Waals surface area contributed by atoms with Crippen LogP contribution in [0.5, 0.6) is 5.75 Å². The van der Waals surface area contributed by atoms with E-state index in [0.717, 1.165) is 11.1 Å². The molecule has 2 N–H and O–H groups in total. The van der Waals surface area contributed by atoms with E-state index in [1.807, 2.05) is 6.07 Å². The zero-order valence-electron chi connectivity index (χ0n) is 8.42. The number of hydrogen-bond donors (Lipinski definition) is 2. The Bertz CT molecular complexity index is 520. The Morgan fingerprint density at radius 3 is 2.19 bits per heavy atom. The van der Waals surface area contributed by atoms with Crippen molar-refractivity contribution in [2.75, 3.05) is 0 Å². The number of rotatable bonds is 2. The van der Waals surface area contributed by atoms with Crippen molar-refractivity contribution in [3.63, 3.8) is 0 Å². The Morgan fingerprint density at radius 1 is 0.938 bits per heavy atom. The summed E-state index contributed by atoms with van der Waals surface area (Å²) in [7, 11) is -2.71. The van der Waals surface area contributed by atoms with Crippen LogP contribution in [0.4, 0.5) is 0 Å². The third-order valence-electron chi connectivity index (χ3n) is 2.34. The molecule has 0 heterocycles. The van der Waals surface area contributed by atoms with Crippen molar-refractivity contribution in [2.24, 2.45) is 0 Å². The summed E-state index contributed by atoms with van der Waals surface area (Å²) < 4.78 is 11.2. The van der Waals surface area contributed by atoms with Crippen molar-refractivity contribution in [2.45, 2.75) is 0 Å². The zero-order chi connectivity index (χ0) is 11.5. The first-order chi connectivity index (χ1) is 7.68. The van der Waals surface area contributed by atoms with Crippen molar-refractivity contribution in [1.29, 1.82) is 0 Å². The Balaban J connectivity index is 2.55. The van der Waals surface area contributed by atoms with Gasteiger partial charge in [-0.25, -0.2) is 0 Å². The molecule has 0 radical (unpaired) electrons. The Labute approximate surface area is 93.9 Å². The highest BCUT2D eigenvalue weighted by Gasteiger charge is 2.07. The fourth-order valence-electron chi connectivity index (χ4n) is 1.56. The summed E-state index contributed by atoms with van der Waals surface area (Å²) in [5, 5.41) is 9.62. The molecule has 4 heteroatoms. The molecule has 3 nitrogen and oxygen atoms in total. The molecule has 82 valence electrons. The maximum Gasteiger partial charge on any atom is 0.218 e. The van der Waals surface area contributed by atoms with E-state index in [2.05, 4.69) is 0 Å². The van der Waals surface area contributed by atoms with Crippen LogP contribution in [-0.2, 0) is 4.57 Å². The van der Waals surface area contributed by atoms with Crippen LogP contribution < -0.4 is 5.30 Å². The summed E-state index contributed by atoms with van der Waals surface area (Å²) in [4.78, 5) is 9.22. The first kappa shape index (κ1) is 10.9. The van der Waals surface area contributed by atoms with Crippen molar-refractivity contribution in [3.05, 3.63) is 48.5 Å². The lowest BCUT2D eigenvalue weighted by molar-refractivity contribution is 0.475. The van der Waals surface area contributed by atoms with Crippen LogP contribution >= 0.6 is 8.03 Å². The number of benzene rings is 2.